The first-order valence-corrected chi connectivity index (χ1v) is 7.80. The van der Waals surface area contributed by atoms with E-state index < -0.39 is 18.0 Å². The lowest BCUT2D eigenvalue weighted by atomic mass is 9.99. The molecule has 7 nitrogen and oxygen atoms in total. The lowest BCUT2D eigenvalue weighted by Gasteiger charge is -2.31. The molecule has 0 bridgehead atoms. The van der Waals surface area contributed by atoms with Gasteiger partial charge in [0.25, 0.3) is 5.91 Å². The molecule has 0 radical (unpaired) electrons. The van der Waals surface area contributed by atoms with E-state index in [1.165, 1.54) is 19.0 Å². The molecule has 7 heteroatoms. The van der Waals surface area contributed by atoms with Crippen LogP contribution in [0.25, 0.3) is 0 Å². The first-order chi connectivity index (χ1) is 12.0. The van der Waals surface area contributed by atoms with Crippen molar-refractivity contribution in [2.45, 2.75) is 12.5 Å². The molecule has 0 aliphatic carbocycles. The van der Waals surface area contributed by atoms with Crippen molar-refractivity contribution in [3.8, 4) is 11.5 Å². The van der Waals surface area contributed by atoms with Crippen molar-refractivity contribution < 1.29 is 19.2 Å². The number of carbonyl (C=O) groups is 2. The average molecular weight is 341 g/mol. The van der Waals surface area contributed by atoms with Gasteiger partial charge in [0.1, 0.15) is 11.5 Å². The van der Waals surface area contributed by atoms with E-state index in [0.29, 0.717) is 23.6 Å². The fraction of sp³-hybridized carbons (Fsp3) is 0.222. The standard InChI is InChI=1S/C18H19N3O4/c1-20(2)18(23)25-21-16-9-8-14(24-13-6-4-3-5-7-13)10-12(16)11-15(19)17(21)22/h3-10,15H,11,19H2,1-2H3/t15-/m0/s1. The summed E-state index contributed by atoms with van der Waals surface area (Å²) in [5.74, 6) is 0.860. The maximum absolute atomic E-state index is 12.3. The number of nitrogens with zero attached hydrogens (tertiary/aromatic N) is 2. The Morgan fingerprint density at radius 2 is 1.88 bits per heavy atom. The second-order valence-corrected chi connectivity index (χ2v) is 5.90. The van der Waals surface area contributed by atoms with Gasteiger partial charge in [-0.25, -0.2) is 4.79 Å². The molecule has 1 aliphatic heterocycles. The van der Waals surface area contributed by atoms with E-state index >= 15 is 0 Å². The predicted molar refractivity (Wildman–Crippen MR) is 92.3 cm³/mol. The highest BCUT2D eigenvalue weighted by atomic mass is 16.7. The Hall–Kier alpha value is -3.06. The van der Waals surface area contributed by atoms with Gasteiger partial charge >= 0.3 is 6.09 Å². The number of carbonyl (C=O) groups excluding carboxylic acids is 2. The number of fused-ring (bicyclic) bond motifs is 1. The van der Waals surface area contributed by atoms with Gasteiger partial charge < -0.3 is 20.2 Å². The Labute approximate surface area is 145 Å². The molecule has 3 rings (SSSR count). The number of ether oxygens (including phenoxy) is 1. The van der Waals surface area contributed by atoms with E-state index in [0.717, 1.165) is 10.6 Å². The van der Waals surface area contributed by atoms with Crippen LogP contribution >= 0.6 is 0 Å². The topological polar surface area (TPSA) is 85.1 Å². The third-order valence-corrected chi connectivity index (χ3v) is 3.74. The number of hydroxylamine groups is 1. The van der Waals surface area contributed by atoms with Crippen molar-refractivity contribution >= 4 is 17.7 Å². The van der Waals surface area contributed by atoms with Crippen LogP contribution in [0.1, 0.15) is 5.56 Å². The maximum Gasteiger partial charge on any atom is 0.434 e. The number of amides is 2. The summed E-state index contributed by atoms with van der Waals surface area (Å²) in [7, 11) is 3.07. The number of hydrogen-bond acceptors (Lipinski definition) is 5. The maximum atomic E-state index is 12.3. The van der Waals surface area contributed by atoms with Gasteiger partial charge in [0.05, 0.1) is 11.7 Å². The van der Waals surface area contributed by atoms with Gasteiger partial charge in [0.15, 0.2) is 0 Å². The van der Waals surface area contributed by atoms with Crippen molar-refractivity contribution in [2.24, 2.45) is 5.73 Å². The zero-order valence-electron chi connectivity index (χ0n) is 14.0. The smallest absolute Gasteiger partial charge is 0.434 e. The molecule has 130 valence electrons. The molecular formula is C18H19N3O4. The summed E-state index contributed by atoms with van der Waals surface area (Å²) in [5, 5.41) is 0.956. The number of hydrogen-bond donors (Lipinski definition) is 1. The minimum Gasteiger partial charge on any atom is -0.457 e. The molecule has 1 aliphatic rings. The minimum atomic E-state index is -0.783. The highest BCUT2D eigenvalue weighted by Crippen LogP contribution is 2.33. The molecular weight excluding hydrogens is 322 g/mol. The van der Waals surface area contributed by atoms with Crippen LogP contribution in [0.5, 0.6) is 11.5 Å². The fourth-order valence-electron chi connectivity index (χ4n) is 2.46. The molecule has 2 aromatic carbocycles. The molecule has 1 heterocycles. The summed E-state index contributed by atoms with van der Waals surface area (Å²) in [5.41, 5.74) is 7.16. The van der Waals surface area contributed by atoms with Crippen LogP contribution in [0.4, 0.5) is 10.5 Å². The zero-order valence-corrected chi connectivity index (χ0v) is 14.0. The number of nitrogens with two attached hydrogens (primary N) is 1. The van der Waals surface area contributed by atoms with Crippen LogP contribution in [0.2, 0.25) is 0 Å². The molecule has 0 fully saturated rings. The lowest BCUT2D eigenvalue weighted by Crippen LogP contribution is -2.50. The van der Waals surface area contributed by atoms with Crippen LogP contribution in [0.15, 0.2) is 48.5 Å². The van der Waals surface area contributed by atoms with Gasteiger partial charge in [-0.1, -0.05) is 18.2 Å². The van der Waals surface area contributed by atoms with E-state index in [9.17, 15) is 9.59 Å². The lowest BCUT2D eigenvalue weighted by molar-refractivity contribution is -0.125. The molecule has 0 aromatic heterocycles. The summed E-state index contributed by atoms with van der Waals surface area (Å²) < 4.78 is 5.80. The van der Waals surface area contributed by atoms with Gasteiger partial charge in [-0.15, -0.1) is 5.06 Å². The van der Waals surface area contributed by atoms with Gasteiger partial charge in [-0.3, -0.25) is 4.79 Å². The van der Waals surface area contributed by atoms with Gasteiger partial charge in [-0.05, 0) is 42.3 Å². The van der Waals surface area contributed by atoms with Crippen molar-refractivity contribution in [2.75, 3.05) is 19.2 Å². The molecule has 0 saturated heterocycles. The van der Waals surface area contributed by atoms with Crippen molar-refractivity contribution in [3.63, 3.8) is 0 Å². The van der Waals surface area contributed by atoms with Crippen molar-refractivity contribution in [1.82, 2.24) is 4.90 Å². The second-order valence-electron chi connectivity index (χ2n) is 5.90. The Morgan fingerprint density at radius 3 is 2.56 bits per heavy atom. The second kappa shape index (κ2) is 6.82. The number of para-hydroxylation sites is 1. The quantitative estimate of drug-likeness (QED) is 0.926. The third kappa shape index (κ3) is 3.56. The van der Waals surface area contributed by atoms with E-state index in [4.69, 9.17) is 15.3 Å². The van der Waals surface area contributed by atoms with E-state index in [1.807, 2.05) is 30.3 Å². The molecule has 2 aromatic rings. The molecule has 0 spiro atoms. The van der Waals surface area contributed by atoms with Crippen LogP contribution in [0.3, 0.4) is 0 Å². The molecule has 25 heavy (non-hydrogen) atoms. The monoisotopic (exact) mass is 341 g/mol. The Morgan fingerprint density at radius 1 is 1.16 bits per heavy atom. The minimum absolute atomic E-state index is 0.343. The SMILES string of the molecule is CN(C)C(=O)ON1C(=O)[C@@H](N)Cc2cc(Oc3ccccc3)ccc21. The summed E-state index contributed by atoms with van der Waals surface area (Å²) in [4.78, 5) is 30.5. The Kier molecular flexibility index (Phi) is 4.58. The number of benzene rings is 2. The normalized spacial score (nSPS) is 16.2. The Bertz CT molecular complexity index is 792. The largest absolute Gasteiger partial charge is 0.457 e. The van der Waals surface area contributed by atoms with E-state index in [-0.39, 0.29) is 0 Å². The first kappa shape index (κ1) is 16.8. The average Bonchev–Trinajstić information content (AvgIpc) is 2.59. The van der Waals surface area contributed by atoms with Gasteiger partial charge in [0.2, 0.25) is 0 Å². The Balaban J connectivity index is 1.89. The number of anilines is 1. The molecule has 0 unspecified atom stereocenters. The third-order valence-electron chi connectivity index (χ3n) is 3.74. The first-order valence-electron chi connectivity index (χ1n) is 7.80. The summed E-state index contributed by atoms with van der Waals surface area (Å²) in [6.07, 6.45) is -0.311. The predicted octanol–water partition coefficient (Wildman–Crippen LogP) is 2.31. The van der Waals surface area contributed by atoms with E-state index in [1.54, 1.807) is 18.2 Å². The highest BCUT2D eigenvalue weighted by molar-refractivity contribution is 5.99. The van der Waals surface area contributed by atoms with Gasteiger partial charge in [-0.2, -0.15) is 0 Å². The summed E-state index contributed by atoms with van der Waals surface area (Å²) in [6.45, 7) is 0. The van der Waals surface area contributed by atoms with E-state index in [2.05, 4.69) is 0 Å². The van der Waals surface area contributed by atoms with Crippen LogP contribution in [-0.2, 0) is 16.1 Å². The number of rotatable bonds is 3. The van der Waals surface area contributed by atoms with Gasteiger partial charge in [0, 0.05) is 14.1 Å². The molecule has 0 saturated carbocycles. The van der Waals surface area contributed by atoms with Crippen molar-refractivity contribution in [3.05, 3.63) is 54.1 Å². The van der Waals surface area contributed by atoms with Crippen LogP contribution < -0.4 is 15.5 Å². The summed E-state index contributed by atoms with van der Waals surface area (Å²) in [6, 6.07) is 13.8. The zero-order chi connectivity index (χ0) is 18.0. The molecule has 2 amide bonds. The fourth-order valence-corrected chi connectivity index (χ4v) is 2.46. The molecule has 2 N–H and O–H groups in total. The van der Waals surface area contributed by atoms with Crippen LogP contribution in [-0.4, -0.2) is 37.0 Å². The molecule has 1 atom stereocenters. The van der Waals surface area contributed by atoms with Crippen LogP contribution in [0, 0.1) is 0 Å². The summed E-state index contributed by atoms with van der Waals surface area (Å²) >= 11 is 0. The highest BCUT2D eigenvalue weighted by Gasteiger charge is 2.34. The van der Waals surface area contributed by atoms with Crippen molar-refractivity contribution in [1.29, 1.82) is 0 Å².